The Morgan fingerprint density at radius 2 is 2.06 bits per heavy atom. The van der Waals surface area contributed by atoms with Crippen molar-refractivity contribution < 1.29 is 19.2 Å². The lowest BCUT2D eigenvalue weighted by Gasteiger charge is -2.05. The van der Waals surface area contributed by atoms with Crippen molar-refractivity contribution in [2.24, 2.45) is 0 Å². The second kappa shape index (κ2) is 8.54. The molecule has 0 saturated heterocycles. The summed E-state index contributed by atoms with van der Waals surface area (Å²) >= 11 is 6.95. The summed E-state index contributed by atoms with van der Waals surface area (Å²) in [6.07, 6.45) is 1.84. The van der Waals surface area contributed by atoms with Crippen LogP contribution in [0.2, 0.25) is 5.02 Å². The van der Waals surface area contributed by atoms with Gasteiger partial charge in [-0.15, -0.1) is 11.3 Å². The average Bonchev–Trinajstić information content (AvgIpc) is 3.38. The molecule has 4 rings (SSSR count). The number of thiazole rings is 1. The molecule has 1 amide bonds. The Labute approximate surface area is 183 Å². The lowest BCUT2D eigenvalue weighted by Crippen LogP contribution is -2.21. The Bertz CT molecular complexity index is 1320. The third kappa shape index (κ3) is 4.39. The summed E-state index contributed by atoms with van der Waals surface area (Å²) in [5.41, 5.74) is 1.76. The highest BCUT2D eigenvalue weighted by molar-refractivity contribution is 7.14. The van der Waals surface area contributed by atoms with Gasteiger partial charge in [0.2, 0.25) is 0 Å². The van der Waals surface area contributed by atoms with E-state index in [4.69, 9.17) is 16.3 Å². The van der Waals surface area contributed by atoms with Crippen molar-refractivity contribution >= 4 is 56.5 Å². The molecule has 0 atom stereocenters. The number of carbonyl (C=O) groups excluding carboxylic acids is 2. The van der Waals surface area contributed by atoms with Crippen LogP contribution >= 0.6 is 22.9 Å². The number of nitrogens with one attached hydrogen (secondary N) is 2. The molecule has 0 aliphatic rings. The number of nitro groups is 1. The predicted octanol–water partition coefficient (Wildman–Crippen LogP) is 4.65. The van der Waals surface area contributed by atoms with Gasteiger partial charge in [0.15, 0.2) is 11.7 Å². The van der Waals surface area contributed by atoms with E-state index in [2.05, 4.69) is 15.3 Å². The predicted molar refractivity (Wildman–Crippen MR) is 116 cm³/mol. The smallest absolute Gasteiger partial charge is 0.345 e. The van der Waals surface area contributed by atoms with Gasteiger partial charge < -0.3 is 9.72 Å². The van der Waals surface area contributed by atoms with Crippen molar-refractivity contribution in [1.29, 1.82) is 0 Å². The molecule has 2 aromatic carbocycles. The zero-order valence-electron chi connectivity index (χ0n) is 15.6. The minimum absolute atomic E-state index is 0.107. The maximum Gasteiger partial charge on any atom is 0.345 e. The Kier molecular flexibility index (Phi) is 5.65. The molecular formula is C20H13ClN4O5S. The van der Waals surface area contributed by atoms with Crippen LogP contribution in [0, 0.1) is 10.1 Å². The van der Waals surface area contributed by atoms with Gasteiger partial charge in [-0.3, -0.25) is 20.2 Å². The summed E-state index contributed by atoms with van der Waals surface area (Å²) < 4.78 is 4.90. The number of halogens is 1. The lowest BCUT2D eigenvalue weighted by molar-refractivity contribution is -0.385. The van der Waals surface area contributed by atoms with Crippen LogP contribution in [-0.4, -0.2) is 33.4 Å². The van der Waals surface area contributed by atoms with Gasteiger partial charge in [-0.05, 0) is 18.2 Å². The van der Waals surface area contributed by atoms with E-state index in [1.165, 1.54) is 23.5 Å². The molecular weight excluding hydrogens is 444 g/mol. The van der Waals surface area contributed by atoms with E-state index < -0.39 is 29.1 Å². The summed E-state index contributed by atoms with van der Waals surface area (Å²) in [4.78, 5) is 42.2. The first-order valence-electron chi connectivity index (χ1n) is 8.85. The maximum absolute atomic E-state index is 12.2. The van der Waals surface area contributed by atoms with Crippen molar-refractivity contribution in [2.75, 3.05) is 11.9 Å². The third-order valence-electron chi connectivity index (χ3n) is 4.33. The fraction of sp³-hybridized carbons (Fsp3) is 0.0500. The number of nitrogens with zero attached hydrogens (tertiary/aromatic N) is 2. The Balaban J connectivity index is 1.40. The van der Waals surface area contributed by atoms with Crippen molar-refractivity contribution in [2.45, 2.75) is 0 Å². The monoisotopic (exact) mass is 456 g/mol. The molecule has 0 unspecified atom stereocenters. The normalized spacial score (nSPS) is 10.7. The van der Waals surface area contributed by atoms with Gasteiger partial charge in [-0.1, -0.05) is 29.8 Å². The SMILES string of the molecule is O=C(COC(=O)c1ccc(Cl)cc1[N+](=O)[O-])Nc1nc(-c2c[nH]c3ccccc23)cs1. The van der Waals surface area contributed by atoms with Crippen molar-refractivity contribution in [1.82, 2.24) is 9.97 Å². The molecule has 0 spiro atoms. The molecule has 0 radical (unpaired) electrons. The highest BCUT2D eigenvalue weighted by Crippen LogP contribution is 2.31. The Morgan fingerprint density at radius 3 is 2.87 bits per heavy atom. The van der Waals surface area contributed by atoms with E-state index in [-0.39, 0.29) is 10.6 Å². The summed E-state index contributed by atoms with van der Waals surface area (Å²) in [6.45, 7) is -0.624. The number of esters is 1. The minimum Gasteiger partial charge on any atom is -0.452 e. The number of fused-ring (bicyclic) bond motifs is 1. The summed E-state index contributed by atoms with van der Waals surface area (Å²) in [5.74, 6) is -1.62. The van der Waals surface area contributed by atoms with Crippen LogP contribution in [0.3, 0.4) is 0 Å². The van der Waals surface area contributed by atoms with Crippen LogP contribution in [-0.2, 0) is 9.53 Å². The molecule has 156 valence electrons. The number of hydrogen-bond donors (Lipinski definition) is 2. The highest BCUT2D eigenvalue weighted by Gasteiger charge is 2.22. The van der Waals surface area contributed by atoms with Crippen LogP contribution in [0.5, 0.6) is 0 Å². The molecule has 9 nitrogen and oxygen atoms in total. The number of hydrogen-bond acceptors (Lipinski definition) is 7. The molecule has 0 aliphatic carbocycles. The largest absolute Gasteiger partial charge is 0.452 e. The fourth-order valence-corrected chi connectivity index (χ4v) is 3.82. The van der Waals surface area contributed by atoms with Crippen LogP contribution < -0.4 is 5.32 Å². The van der Waals surface area contributed by atoms with E-state index in [0.29, 0.717) is 10.8 Å². The van der Waals surface area contributed by atoms with E-state index in [0.717, 1.165) is 22.5 Å². The van der Waals surface area contributed by atoms with Gasteiger partial charge in [-0.25, -0.2) is 9.78 Å². The number of ether oxygens (including phenoxy) is 1. The second-order valence-corrected chi connectivity index (χ2v) is 7.62. The molecule has 0 aliphatic heterocycles. The van der Waals surface area contributed by atoms with E-state index in [9.17, 15) is 19.7 Å². The maximum atomic E-state index is 12.2. The number of H-pyrrole nitrogens is 1. The molecule has 31 heavy (non-hydrogen) atoms. The zero-order valence-corrected chi connectivity index (χ0v) is 17.2. The first-order valence-corrected chi connectivity index (χ1v) is 10.1. The molecule has 2 heterocycles. The number of rotatable bonds is 6. The standard InChI is InChI=1S/C20H13ClN4O5S/c21-11-5-6-13(17(7-11)25(28)29)19(27)30-9-18(26)24-20-23-16(10-31-20)14-8-22-15-4-2-1-3-12(14)15/h1-8,10,22H,9H2,(H,23,24,26). The molecule has 11 heteroatoms. The topological polar surface area (TPSA) is 127 Å². The van der Waals surface area contributed by atoms with Crippen molar-refractivity contribution in [3.05, 3.63) is 74.7 Å². The van der Waals surface area contributed by atoms with Crippen LogP contribution in [0.4, 0.5) is 10.8 Å². The van der Waals surface area contributed by atoms with Gasteiger partial charge in [-0.2, -0.15) is 0 Å². The minimum atomic E-state index is -1.00. The van der Waals surface area contributed by atoms with Gasteiger partial charge in [0.05, 0.1) is 10.6 Å². The van der Waals surface area contributed by atoms with Crippen LogP contribution in [0.25, 0.3) is 22.2 Å². The quantitative estimate of drug-likeness (QED) is 0.247. The molecule has 0 saturated carbocycles. The van der Waals surface area contributed by atoms with Crippen LogP contribution in [0.15, 0.2) is 54.0 Å². The van der Waals surface area contributed by atoms with E-state index in [1.54, 1.807) is 5.38 Å². The number of aromatic nitrogens is 2. The molecule has 4 aromatic rings. The zero-order chi connectivity index (χ0) is 22.0. The molecule has 2 N–H and O–H groups in total. The molecule has 2 aromatic heterocycles. The number of nitro benzene ring substituents is 1. The molecule has 0 fully saturated rings. The number of carbonyl (C=O) groups is 2. The average molecular weight is 457 g/mol. The van der Waals surface area contributed by atoms with Crippen LogP contribution in [0.1, 0.15) is 10.4 Å². The second-order valence-electron chi connectivity index (χ2n) is 6.33. The molecule has 0 bridgehead atoms. The van der Waals surface area contributed by atoms with Crippen molar-refractivity contribution in [3.63, 3.8) is 0 Å². The summed E-state index contributed by atoms with van der Waals surface area (Å²) in [7, 11) is 0. The van der Waals surface area contributed by atoms with Gasteiger partial charge in [0.25, 0.3) is 11.6 Å². The Hall–Kier alpha value is -3.76. The first kappa shape index (κ1) is 20.5. The number of anilines is 1. The summed E-state index contributed by atoms with van der Waals surface area (Å²) in [5, 5.41) is 16.9. The summed E-state index contributed by atoms with van der Waals surface area (Å²) in [6, 6.07) is 11.3. The van der Waals surface area contributed by atoms with E-state index >= 15 is 0 Å². The van der Waals surface area contributed by atoms with Gasteiger partial charge in [0.1, 0.15) is 5.56 Å². The third-order valence-corrected chi connectivity index (χ3v) is 5.32. The van der Waals surface area contributed by atoms with Gasteiger partial charge >= 0.3 is 5.97 Å². The highest BCUT2D eigenvalue weighted by atomic mass is 35.5. The van der Waals surface area contributed by atoms with E-state index in [1.807, 2.05) is 30.5 Å². The fourth-order valence-electron chi connectivity index (χ4n) is 2.93. The first-order chi connectivity index (χ1) is 14.9. The number of benzene rings is 2. The van der Waals surface area contributed by atoms with Gasteiger partial charge in [0, 0.05) is 39.1 Å². The number of para-hydroxylation sites is 1. The van der Waals surface area contributed by atoms with Crippen molar-refractivity contribution in [3.8, 4) is 11.3 Å². The number of amides is 1. The Morgan fingerprint density at radius 1 is 1.26 bits per heavy atom. The number of aromatic amines is 1. The lowest BCUT2D eigenvalue weighted by atomic mass is 10.1.